The van der Waals surface area contributed by atoms with E-state index in [-0.39, 0.29) is 5.41 Å². The number of rotatable bonds is 4. The van der Waals surface area contributed by atoms with Gasteiger partial charge < -0.3 is 5.32 Å². The largest absolute Gasteiger partial charge is 0.309 e. The highest BCUT2D eigenvalue weighted by molar-refractivity contribution is 5.36. The Balaban J connectivity index is 2.02. The molecule has 0 fully saturated rings. The van der Waals surface area contributed by atoms with Gasteiger partial charge in [0, 0.05) is 12.6 Å². The maximum Gasteiger partial charge on any atom is 0.0697 e. The van der Waals surface area contributed by atoms with E-state index in [9.17, 15) is 0 Å². The molecule has 2 nitrogen and oxygen atoms in total. The highest BCUT2D eigenvalue weighted by Crippen LogP contribution is 2.25. The van der Waals surface area contributed by atoms with Gasteiger partial charge in [-0.2, -0.15) is 5.26 Å². The summed E-state index contributed by atoms with van der Waals surface area (Å²) in [4.78, 5) is 0. The summed E-state index contributed by atoms with van der Waals surface area (Å²) in [6.07, 6.45) is 3.75. The van der Waals surface area contributed by atoms with Crippen LogP contribution < -0.4 is 5.32 Å². The van der Waals surface area contributed by atoms with Crippen molar-refractivity contribution < 1.29 is 0 Å². The van der Waals surface area contributed by atoms with E-state index in [0.717, 1.165) is 6.54 Å². The van der Waals surface area contributed by atoms with Gasteiger partial charge in [-0.3, -0.25) is 0 Å². The molecule has 0 spiro atoms. The number of benzene rings is 1. The molecule has 1 unspecified atom stereocenters. The maximum atomic E-state index is 9.01. The van der Waals surface area contributed by atoms with Gasteiger partial charge >= 0.3 is 0 Å². The van der Waals surface area contributed by atoms with Crippen LogP contribution in [0.1, 0.15) is 49.9 Å². The molecule has 1 atom stereocenters. The smallest absolute Gasteiger partial charge is 0.0697 e. The minimum Gasteiger partial charge on any atom is -0.309 e. The van der Waals surface area contributed by atoms with Gasteiger partial charge in [0.1, 0.15) is 0 Å². The second kappa shape index (κ2) is 5.12. The molecule has 96 valence electrons. The van der Waals surface area contributed by atoms with E-state index in [1.165, 1.54) is 36.0 Å². The van der Waals surface area contributed by atoms with E-state index in [1.54, 1.807) is 0 Å². The van der Waals surface area contributed by atoms with Crippen LogP contribution in [0.3, 0.4) is 0 Å². The average Bonchev–Trinajstić information content (AvgIpc) is 2.83. The molecule has 2 heteroatoms. The van der Waals surface area contributed by atoms with Crippen LogP contribution in [0.15, 0.2) is 18.2 Å². The van der Waals surface area contributed by atoms with E-state index in [2.05, 4.69) is 36.5 Å². The van der Waals surface area contributed by atoms with Gasteiger partial charge in [-0.1, -0.05) is 18.2 Å². The van der Waals surface area contributed by atoms with Crippen molar-refractivity contribution in [3.05, 3.63) is 34.9 Å². The van der Waals surface area contributed by atoms with Crippen molar-refractivity contribution in [2.45, 2.75) is 46.1 Å². The zero-order valence-electron chi connectivity index (χ0n) is 11.6. The van der Waals surface area contributed by atoms with E-state index in [1.807, 2.05) is 13.8 Å². The lowest BCUT2D eigenvalue weighted by Gasteiger charge is -2.21. The summed E-state index contributed by atoms with van der Waals surface area (Å²) in [5.74, 6) is 0. The molecule has 0 radical (unpaired) electrons. The molecule has 0 saturated carbocycles. The molecule has 1 aromatic rings. The lowest BCUT2D eigenvalue weighted by Crippen LogP contribution is -2.30. The van der Waals surface area contributed by atoms with Crippen molar-refractivity contribution in [2.24, 2.45) is 5.41 Å². The second-order valence-electron chi connectivity index (χ2n) is 5.98. The van der Waals surface area contributed by atoms with Crippen molar-refractivity contribution in [1.29, 1.82) is 5.26 Å². The molecule has 2 rings (SSSR count). The Bertz CT molecular complexity index is 468. The zero-order chi connectivity index (χ0) is 13.2. The zero-order valence-corrected chi connectivity index (χ0v) is 11.6. The molecule has 1 N–H and O–H groups in total. The van der Waals surface area contributed by atoms with Gasteiger partial charge in [0.2, 0.25) is 0 Å². The predicted molar refractivity (Wildman–Crippen MR) is 74.3 cm³/mol. The quantitative estimate of drug-likeness (QED) is 0.878. The molecule has 18 heavy (non-hydrogen) atoms. The van der Waals surface area contributed by atoms with E-state index in [4.69, 9.17) is 5.26 Å². The van der Waals surface area contributed by atoms with Crippen LogP contribution in [0, 0.1) is 16.7 Å². The molecular formula is C16H22N2. The van der Waals surface area contributed by atoms with Gasteiger partial charge in [-0.25, -0.2) is 0 Å². The van der Waals surface area contributed by atoms with Crippen molar-refractivity contribution in [2.75, 3.05) is 6.54 Å². The first-order chi connectivity index (χ1) is 8.52. The topological polar surface area (TPSA) is 35.8 Å². The third kappa shape index (κ3) is 2.91. The van der Waals surface area contributed by atoms with Gasteiger partial charge in [-0.15, -0.1) is 0 Å². The van der Waals surface area contributed by atoms with E-state index in [0.29, 0.717) is 6.04 Å². The molecular weight excluding hydrogens is 220 g/mol. The summed E-state index contributed by atoms with van der Waals surface area (Å²) in [6, 6.07) is 9.46. The van der Waals surface area contributed by atoms with Crippen LogP contribution in [-0.2, 0) is 12.8 Å². The second-order valence-corrected chi connectivity index (χ2v) is 5.98. The SMILES string of the molecule is CC(NCC(C)(C)C#N)c1ccc2c(c1)CCC2. The number of nitrogens with zero attached hydrogens (tertiary/aromatic N) is 1. The summed E-state index contributed by atoms with van der Waals surface area (Å²) in [5.41, 5.74) is 4.07. The van der Waals surface area contributed by atoms with Gasteiger partial charge in [0.15, 0.2) is 0 Å². The van der Waals surface area contributed by atoms with Crippen LogP contribution in [0.25, 0.3) is 0 Å². The van der Waals surface area contributed by atoms with Crippen LogP contribution in [0.2, 0.25) is 0 Å². The maximum absolute atomic E-state index is 9.01. The van der Waals surface area contributed by atoms with E-state index >= 15 is 0 Å². The fourth-order valence-corrected chi connectivity index (χ4v) is 2.43. The van der Waals surface area contributed by atoms with Crippen molar-refractivity contribution in [3.8, 4) is 6.07 Å². The Morgan fingerprint density at radius 1 is 1.33 bits per heavy atom. The fraction of sp³-hybridized carbons (Fsp3) is 0.562. The molecule has 0 saturated heterocycles. The molecule has 1 aliphatic carbocycles. The molecule has 0 bridgehead atoms. The monoisotopic (exact) mass is 242 g/mol. The Kier molecular flexibility index (Phi) is 3.73. The molecule has 0 aromatic heterocycles. The summed E-state index contributed by atoms with van der Waals surface area (Å²) in [6.45, 7) is 6.83. The predicted octanol–water partition coefficient (Wildman–Crippen LogP) is 3.38. The Morgan fingerprint density at radius 3 is 2.78 bits per heavy atom. The van der Waals surface area contributed by atoms with Crippen molar-refractivity contribution in [1.82, 2.24) is 5.32 Å². The Morgan fingerprint density at radius 2 is 2.06 bits per heavy atom. The molecule has 0 heterocycles. The Labute approximate surface area is 110 Å². The lowest BCUT2D eigenvalue weighted by atomic mass is 9.94. The Hall–Kier alpha value is -1.33. The van der Waals surface area contributed by atoms with Gasteiger partial charge in [-0.05, 0) is 56.7 Å². The number of nitrogens with one attached hydrogen (secondary N) is 1. The van der Waals surface area contributed by atoms with Crippen LogP contribution in [-0.4, -0.2) is 6.54 Å². The highest BCUT2D eigenvalue weighted by Gasteiger charge is 2.18. The van der Waals surface area contributed by atoms with Gasteiger partial charge in [0.25, 0.3) is 0 Å². The number of fused-ring (bicyclic) bond motifs is 1. The molecule has 0 aliphatic heterocycles. The summed E-state index contributed by atoms with van der Waals surface area (Å²) < 4.78 is 0. The third-order valence-electron chi connectivity index (χ3n) is 3.78. The first-order valence-corrected chi connectivity index (χ1v) is 6.78. The van der Waals surface area contributed by atoms with Crippen LogP contribution >= 0.6 is 0 Å². The first kappa shape index (κ1) is 13.1. The standard InChI is InChI=1S/C16H22N2/c1-12(18-11-16(2,3)10-17)14-8-7-13-5-4-6-15(13)9-14/h7-9,12,18H,4-6,11H2,1-3H3. The van der Waals surface area contributed by atoms with Crippen LogP contribution in [0.4, 0.5) is 0 Å². The summed E-state index contributed by atoms with van der Waals surface area (Å²) in [5, 5.41) is 12.5. The number of aryl methyl sites for hydroxylation is 2. The highest BCUT2D eigenvalue weighted by atomic mass is 14.9. The summed E-state index contributed by atoms with van der Waals surface area (Å²) >= 11 is 0. The van der Waals surface area contributed by atoms with Gasteiger partial charge in [0.05, 0.1) is 11.5 Å². The minimum absolute atomic E-state index is 0.301. The number of hydrogen-bond acceptors (Lipinski definition) is 2. The average molecular weight is 242 g/mol. The fourth-order valence-electron chi connectivity index (χ4n) is 2.43. The van der Waals surface area contributed by atoms with E-state index < -0.39 is 0 Å². The number of nitriles is 1. The normalized spacial score (nSPS) is 16.1. The van der Waals surface area contributed by atoms with Crippen molar-refractivity contribution >= 4 is 0 Å². The third-order valence-corrected chi connectivity index (χ3v) is 3.78. The molecule has 0 amide bonds. The van der Waals surface area contributed by atoms with Crippen LogP contribution in [0.5, 0.6) is 0 Å². The minimum atomic E-state index is -0.301. The first-order valence-electron chi connectivity index (χ1n) is 6.78. The van der Waals surface area contributed by atoms with Crippen molar-refractivity contribution in [3.63, 3.8) is 0 Å². The summed E-state index contributed by atoms with van der Waals surface area (Å²) in [7, 11) is 0. The molecule has 1 aliphatic rings. The molecule has 1 aromatic carbocycles. The number of hydrogen-bond donors (Lipinski definition) is 1. The lowest BCUT2D eigenvalue weighted by molar-refractivity contribution is 0.415.